The van der Waals surface area contributed by atoms with E-state index < -0.39 is 0 Å². The van der Waals surface area contributed by atoms with Crippen molar-refractivity contribution < 1.29 is 14.8 Å². The number of hydrogen-bond acceptors (Lipinski definition) is 7. The van der Waals surface area contributed by atoms with Gasteiger partial charge in [-0.15, -0.1) is 16.3 Å². The lowest BCUT2D eigenvalue weighted by Gasteiger charge is -2.29. The van der Waals surface area contributed by atoms with E-state index in [4.69, 9.17) is 14.7 Å². The Kier molecular flexibility index (Phi) is 5.57. The Bertz CT molecular complexity index is 1290. The van der Waals surface area contributed by atoms with Crippen LogP contribution in [-0.2, 0) is 24.1 Å². The third-order valence-corrected chi connectivity index (χ3v) is 7.76. The Labute approximate surface area is 196 Å². The molecule has 6 rings (SSSR count). The molecule has 0 spiro atoms. The summed E-state index contributed by atoms with van der Waals surface area (Å²) in [6.07, 6.45) is 5.12. The van der Waals surface area contributed by atoms with Gasteiger partial charge in [0.05, 0.1) is 38.3 Å². The van der Waals surface area contributed by atoms with Crippen molar-refractivity contribution in [2.75, 3.05) is 49.3 Å². The first-order valence-electron chi connectivity index (χ1n) is 11.7. The molecule has 0 radical (unpaired) electrons. The predicted molar refractivity (Wildman–Crippen MR) is 131 cm³/mol. The number of aromatic amines is 1. The summed E-state index contributed by atoms with van der Waals surface area (Å²) in [7, 11) is 0. The van der Waals surface area contributed by atoms with Crippen LogP contribution in [0.4, 0.5) is 11.6 Å². The highest BCUT2D eigenvalue weighted by Gasteiger charge is 2.29. The lowest BCUT2D eigenvalue weighted by Crippen LogP contribution is -2.37. The molecule has 1 aromatic carbocycles. The number of aryl methyl sites for hydroxylation is 1. The lowest BCUT2D eigenvalue weighted by molar-refractivity contribution is -0.367. The Morgan fingerprint density at radius 2 is 1.94 bits per heavy atom. The van der Waals surface area contributed by atoms with Crippen LogP contribution in [0.1, 0.15) is 23.1 Å². The number of aliphatic hydroxyl groups excluding tert-OH is 1. The molecule has 0 bridgehead atoms. The second-order valence-electron chi connectivity index (χ2n) is 8.69. The van der Waals surface area contributed by atoms with Gasteiger partial charge in [-0.1, -0.05) is 30.3 Å². The minimum absolute atomic E-state index is 0.0875. The second-order valence-corrected chi connectivity index (χ2v) is 9.69. The van der Waals surface area contributed by atoms with Crippen LogP contribution in [0.5, 0.6) is 0 Å². The van der Waals surface area contributed by atoms with Crippen LogP contribution >= 0.6 is 11.3 Å². The molecular weight excluding hydrogens is 434 g/mol. The van der Waals surface area contributed by atoms with E-state index in [2.05, 4.69) is 39.0 Å². The van der Waals surface area contributed by atoms with E-state index in [-0.39, 0.29) is 6.61 Å². The number of aliphatic hydroxyl groups is 1. The molecule has 0 unspecified atom stereocenters. The van der Waals surface area contributed by atoms with Crippen molar-refractivity contribution in [2.24, 2.45) is 0 Å². The normalized spacial score (nSPS) is 16.0. The van der Waals surface area contributed by atoms with Gasteiger partial charge in [0.15, 0.2) is 5.52 Å². The topological polar surface area (TPSA) is 75.9 Å². The van der Waals surface area contributed by atoms with Crippen LogP contribution in [0.15, 0.2) is 36.7 Å². The average molecular weight is 463 g/mol. The zero-order chi connectivity index (χ0) is 22.2. The quantitative estimate of drug-likeness (QED) is 0.475. The standard InChI is InChI=1S/C25H27N5O2S/c31-12-9-30(15-17-5-2-1-3-6-17)24-22-21(26-16-27-24)20-18-7-4-8-19(18)23(28-25(20)33-22)29-10-13-32-14-11-29/h1-3,5-6,16,31H,4,7-15H2/p+1. The number of aromatic nitrogens is 3. The molecule has 1 fully saturated rings. The van der Waals surface area contributed by atoms with E-state index in [1.165, 1.54) is 28.5 Å². The molecule has 2 aliphatic rings. The summed E-state index contributed by atoms with van der Waals surface area (Å²) >= 11 is 1.71. The van der Waals surface area contributed by atoms with E-state index >= 15 is 0 Å². The van der Waals surface area contributed by atoms with Gasteiger partial charge in [0.1, 0.15) is 15.3 Å². The first-order chi connectivity index (χ1) is 16.3. The van der Waals surface area contributed by atoms with Crippen LogP contribution in [0.25, 0.3) is 20.4 Å². The minimum atomic E-state index is 0.0875. The first-order valence-corrected chi connectivity index (χ1v) is 12.5. The number of pyridine rings is 1. The summed E-state index contributed by atoms with van der Waals surface area (Å²) in [5, 5.41) is 11.0. The van der Waals surface area contributed by atoms with Gasteiger partial charge in [0.25, 0.3) is 0 Å². The smallest absolute Gasteiger partial charge is 0.243 e. The van der Waals surface area contributed by atoms with E-state index in [0.29, 0.717) is 6.54 Å². The monoisotopic (exact) mass is 462 g/mol. The van der Waals surface area contributed by atoms with E-state index in [9.17, 15) is 5.11 Å². The number of fused-ring (bicyclic) bond motifs is 5. The van der Waals surface area contributed by atoms with Crippen molar-refractivity contribution >= 4 is 43.4 Å². The van der Waals surface area contributed by atoms with Crippen molar-refractivity contribution in [3.8, 4) is 0 Å². The van der Waals surface area contributed by atoms with Crippen molar-refractivity contribution in [1.29, 1.82) is 0 Å². The largest absolute Gasteiger partial charge is 0.393 e. The molecule has 3 aromatic heterocycles. The average Bonchev–Trinajstić information content (AvgIpc) is 3.49. The van der Waals surface area contributed by atoms with Crippen molar-refractivity contribution in [3.63, 3.8) is 0 Å². The van der Waals surface area contributed by atoms with Crippen LogP contribution in [0.2, 0.25) is 0 Å². The molecule has 0 saturated carbocycles. The maximum absolute atomic E-state index is 9.80. The molecule has 170 valence electrons. The van der Waals surface area contributed by atoms with Gasteiger partial charge in [-0.05, 0) is 36.0 Å². The summed E-state index contributed by atoms with van der Waals surface area (Å²) in [6, 6.07) is 10.4. The molecule has 0 atom stereocenters. The zero-order valence-corrected chi connectivity index (χ0v) is 19.4. The fraction of sp³-hybridized carbons (Fsp3) is 0.400. The fourth-order valence-corrected chi connectivity index (χ4v) is 6.35. The molecule has 4 heterocycles. The number of benzene rings is 1. The van der Waals surface area contributed by atoms with Crippen LogP contribution in [-0.4, -0.2) is 54.5 Å². The van der Waals surface area contributed by atoms with Gasteiger partial charge in [0, 0.05) is 13.1 Å². The predicted octanol–water partition coefficient (Wildman–Crippen LogP) is 2.98. The molecule has 4 aromatic rings. The summed E-state index contributed by atoms with van der Waals surface area (Å²) in [6.45, 7) is 4.67. The van der Waals surface area contributed by atoms with E-state index in [0.717, 1.165) is 72.4 Å². The van der Waals surface area contributed by atoms with Gasteiger partial charge >= 0.3 is 0 Å². The number of ether oxygens (including phenoxy) is 1. The molecule has 8 heteroatoms. The Hall–Kier alpha value is -2.81. The van der Waals surface area contributed by atoms with Crippen LogP contribution in [0.3, 0.4) is 0 Å². The Morgan fingerprint density at radius 3 is 2.76 bits per heavy atom. The minimum Gasteiger partial charge on any atom is -0.393 e. The summed E-state index contributed by atoms with van der Waals surface area (Å²) < 4.78 is 6.69. The first kappa shape index (κ1) is 20.8. The lowest BCUT2D eigenvalue weighted by atomic mass is 10.1. The van der Waals surface area contributed by atoms with E-state index in [1.807, 2.05) is 6.07 Å². The molecule has 2 N–H and O–H groups in total. The van der Waals surface area contributed by atoms with Crippen molar-refractivity contribution in [3.05, 3.63) is 53.3 Å². The second kappa shape index (κ2) is 8.85. The summed E-state index contributed by atoms with van der Waals surface area (Å²) in [4.78, 5) is 19.0. The van der Waals surface area contributed by atoms with Gasteiger partial charge in [-0.3, -0.25) is 4.90 Å². The molecule has 33 heavy (non-hydrogen) atoms. The third-order valence-electron chi connectivity index (χ3n) is 6.68. The Morgan fingerprint density at radius 1 is 1.12 bits per heavy atom. The summed E-state index contributed by atoms with van der Waals surface area (Å²) in [5.41, 5.74) is 5.06. The maximum atomic E-state index is 9.80. The van der Waals surface area contributed by atoms with Gasteiger partial charge < -0.3 is 14.7 Å². The zero-order valence-electron chi connectivity index (χ0n) is 18.6. The van der Waals surface area contributed by atoms with Crippen LogP contribution < -0.4 is 14.8 Å². The number of nitrogens with one attached hydrogen (secondary N) is 1. The van der Waals surface area contributed by atoms with E-state index in [1.54, 1.807) is 17.7 Å². The highest BCUT2D eigenvalue weighted by molar-refractivity contribution is 7.26. The fourth-order valence-electron chi connectivity index (χ4n) is 5.16. The Balaban J connectivity index is 1.50. The number of morpholine rings is 1. The van der Waals surface area contributed by atoms with Gasteiger partial charge in [-0.2, -0.15) is 0 Å². The SMILES string of the molecule is OCCN(Cc1ccccc1)c1[nH+]cnc2c1sc1nc(N3CCOCC3)c3c(c12)CCC3. The highest BCUT2D eigenvalue weighted by Crippen LogP contribution is 2.43. The molecule has 1 aliphatic heterocycles. The number of hydrogen-bond donors (Lipinski definition) is 1. The molecule has 1 saturated heterocycles. The number of H-pyrrole nitrogens is 1. The van der Waals surface area contributed by atoms with Crippen molar-refractivity contribution in [1.82, 2.24) is 9.97 Å². The molecule has 7 nitrogen and oxygen atoms in total. The van der Waals surface area contributed by atoms with Gasteiger partial charge in [0.2, 0.25) is 12.1 Å². The maximum Gasteiger partial charge on any atom is 0.243 e. The number of rotatable bonds is 6. The molecular formula is C25H28N5O2S+. The highest BCUT2D eigenvalue weighted by atomic mass is 32.1. The molecule has 0 amide bonds. The number of thiophene rings is 1. The third kappa shape index (κ3) is 3.72. The van der Waals surface area contributed by atoms with Crippen molar-refractivity contribution in [2.45, 2.75) is 25.8 Å². The number of anilines is 2. The summed E-state index contributed by atoms with van der Waals surface area (Å²) in [5.74, 6) is 2.15. The number of nitrogens with zero attached hydrogens (tertiary/aromatic N) is 4. The van der Waals surface area contributed by atoms with Crippen LogP contribution in [0, 0.1) is 0 Å². The van der Waals surface area contributed by atoms with Gasteiger partial charge in [-0.25, -0.2) is 9.97 Å². The molecule has 1 aliphatic carbocycles.